The van der Waals surface area contributed by atoms with Gasteiger partial charge in [0.15, 0.2) is 11.8 Å². The monoisotopic (exact) mass is 232 g/mol. The van der Waals surface area contributed by atoms with Crippen LogP contribution in [0.3, 0.4) is 0 Å². The maximum absolute atomic E-state index is 12.1. The molecule has 17 heavy (non-hydrogen) atoms. The molecule has 2 N–H and O–H groups in total. The molecule has 1 aromatic heterocycles. The number of nitrogen functional groups attached to an aromatic ring is 1. The number of rotatable bonds is 1. The van der Waals surface area contributed by atoms with Crippen LogP contribution in [0.15, 0.2) is 18.3 Å². The van der Waals surface area contributed by atoms with Gasteiger partial charge in [0.2, 0.25) is 0 Å². The van der Waals surface area contributed by atoms with Crippen LogP contribution in [0.4, 0.5) is 5.69 Å². The zero-order valence-corrected chi connectivity index (χ0v) is 9.17. The maximum atomic E-state index is 12.1. The van der Waals surface area contributed by atoms with Gasteiger partial charge in [0.25, 0.3) is 5.91 Å². The van der Waals surface area contributed by atoms with Crippen molar-refractivity contribution in [2.45, 2.75) is 6.10 Å². The van der Waals surface area contributed by atoms with Gasteiger partial charge in [0.05, 0.1) is 24.9 Å². The Morgan fingerprint density at radius 2 is 2.53 bits per heavy atom. The summed E-state index contributed by atoms with van der Waals surface area (Å²) in [6.45, 7) is 1.06. The summed E-state index contributed by atoms with van der Waals surface area (Å²) in [5, 5.41) is 8.76. The van der Waals surface area contributed by atoms with E-state index in [0.29, 0.717) is 18.8 Å². The number of ether oxygens (including phenoxy) is 1. The second-order valence-electron chi connectivity index (χ2n) is 3.68. The van der Waals surface area contributed by atoms with E-state index in [0.717, 1.165) is 0 Å². The van der Waals surface area contributed by atoms with Crippen molar-refractivity contribution in [3.05, 3.63) is 24.0 Å². The van der Waals surface area contributed by atoms with Crippen LogP contribution >= 0.6 is 0 Å². The molecule has 0 aliphatic carbocycles. The number of carbonyl (C=O) groups excluding carboxylic acids is 1. The second-order valence-corrected chi connectivity index (χ2v) is 3.68. The Morgan fingerprint density at radius 1 is 1.71 bits per heavy atom. The second kappa shape index (κ2) is 4.80. The molecule has 2 rings (SSSR count). The summed E-state index contributed by atoms with van der Waals surface area (Å²) in [5.74, 6) is -0.258. The van der Waals surface area contributed by atoms with Crippen LogP contribution < -0.4 is 5.73 Å². The number of hydrogen-bond donors (Lipinski definition) is 1. The fraction of sp³-hybridized carbons (Fsp3) is 0.364. The molecule has 1 amide bonds. The van der Waals surface area contributed by atoms with Crippen LogP contribution in [0.25, 0.3) is 0 Å². The normalized spacial score (nSPS) is 19.7. The van der Waals surface area contributed by atoms with Crippen molar-refractivity contribution in [1.82, 2.24) is 9.88 Å². The van der Waals surface area contributed by atoms with E-state index < -0.39 is 6.10 Å². The van der Waals surface area contributed by atoms with Crippen LogP contribution in [0.2, 0.25) is 0 Å². The minimum absolute atomic E-state index is 0.228. The van der Waals surface area contributed by atoms with E-state index >= 15 is 0 Å². The van der Waals surface area contributed by atoms with Gasteiger partial charge >= 0.3 is 0 Å². The first-order chi connectivity index (χ1) is 8.22. The highest BCUT2D eigenvalue weighted by Gasteiger charge is 2.26. The van der Waals surface area contributed by atoms with Crippen molar-refractivity contribution in [3.8, 4) is 6.07 Å². The van der Waals surface area contributed by atoms with Gasteiger partial charge in [-0.15, -0.1) is 0 Å². The summed E-state index contributed by atoms with van der Waals surface area (Å²) in [4.78, 5) is 17.6. The lowest BCUT2D eigenvalue weighted by atomic mass is 10.2. The molecule has 1 atom stereocenters. The molecule has 6 nitrogen and oxygen atoms in total. The van der Waals surface area contributed by atoms with Crippen LogP contribution in [0, 0.1) is 11.3 Å². The molecule has 88 valence electrons. The third-order valence-corrected chi connectivity index (χ3v) is 2.54. The van der Waals surface area contributed by atoms with Crippen LogP contribution in [0.1, 0.15) is 10.5 Å². The third kappa shape index (κ3) is 2.34. The van der Waals surface area contributed by atoms with E-state index in [1.165, 1.54) is 11.1 Å². The van der Waals surface area contributed by atoms with Gasteiger partial charge in [-0.2, -0.15) is 5.26 Å². The van der Waals surface area contributed by atoms with Gasteiger partial charge in [-0.05, 0) is 12.1 Å². The van der Waals surface area contributed by atoms with E-state index in [1.54, 1.807) is 12.1 Å². The molecule has 0 aromatic carbocycles. The molecule has 1 aromatic rings. The van der Waals surface area contributed by atoms with E-state index in [-0.39, 0.29) is 18.1 Å². The lowest BCUT2D eigenvalue weighted by molar-refractivity contribution is 0.00325. The van der Waals surface area contributed by atoms with Gasteiger partial charge in [-0.25, -0.2) is 4.98 Å². The Kier molecular flexibility index (Phi) is 3.21. The average molecular weight is 232 g/mol. The standard InChI is InChI=1S/C11H12N4O2/c12-6-8-7-15(4-5-17-8)11(16)10-9(13)2-1-3-14-10/h1-3,8H,4-5,7,13H2. The van der Waals surface area contributed by atoms with E-state index in [4.69, 9.17) is 15.7 Å². The first kappa shape index (κ1) is 11.4. The molecule has 2 heterocycles. The summed E-state index contributed by atoms with van der Waals surface area (Å²) in [7, 11) is 0. The number of aromatic nitrogens is 1. The fourth-order valence-corrected chi connectivity index (χ4v) is 1.66. The molecule has 1 fully saturated rings. The highest BCUT2D eigenvalue weighted by atomic mass is 16.5. The lowest BCUT2D eigenvalue weighted by Gasteiger charge is -2.29. The van der Waals surface area contributed by atoms with Gasteiger partial charge < -0.3 is 15.4 Å². The number of nitriles is 1. The summed E-state index contributed by atoms with van der Waals surface area (Å²) < 4.78 is 5.17. The smallest absolute Gasteiger partial charge is 0.274 e. The fourth-order valence-electron chi connectivity index (χ4n) is 1.66. The van der Waals surface area contributed by atoms with E-state index in [1.807, 2.05) is 6.07 Å². The highest BCUT2D eigenvalue weighted by Crippen LogP contribution is 2.13. The van der Waals surface area contributed by atoms with Gasteiger partial charge in [0.1, 0.15) is 0 Å². The molecule has 6 heteroatoms. The number of carbonyl (C=O) groups is 1. The van der Waals surface area contributed by atoms with Gasteiger partial charge in [-0.3, -0.25) is 4.79 Å². The van der Waals surface area contributed by atoms with Crippen molar-refractivity contribution in [2.75, 3.05) is 25.4 Å². The van der Waals surface area contributed by atoms with Crippen molar-refractivity contribution in [2.24, 2.45) is 0 Å². The number of pyridine rings is 1. The number of nitrogens with two attached hydrogens (primary N) is 1. The van der Waals surface area contributed by atoms with Crippen molar-refractivity contribution < 1.29 is 9.53 Å². The molecule has 0 spiro atoms. The number of hydrogen-bond acceptors (Lipinski definition) is 5. The lowest BCUT2D eigenvalue weighted by Crippen LogP contribution is -2.45. The van der Waals surface area contributed by atoms with Crippen LogP contribution in [-0.2, 0) is 4.74 Å². The van der Waals surface area contributed by atoms with Gasteiger partial charge in [0, 0.05) is 12.7 Å². The first-order valence-electron chi connectivity index (χ1n) is 5.23. The Bertz CT molecular complexity index is 469. The predicted octanol–water partition coefficient (Wildman–Crippen LogP) is 0.0284. The summed E-state index contributed by atoms with van der Waals surface area (Å²) in [6, 6.07) is 5.28. The van der Waals surface area contributed by atoms with Gasteiger partial charge in [-0.1, -0.05) is 0 Å². The zero-order valence-electron chi connectivity index (χ0n) is 9.17. The molecule has 1 saturated heterocycles. The highest BCUT2D eigenvalue weighted by molar-refractivity contribution is 5.97. The van der Waals surface area contributed by atoms with Crippen molar-refractivity contribution in [3.63, 3.8) is 0 Å². The van der Waals surface area contributed by atoms with Crippen LogP contribution in [-0.4, -0.2) is 41.6 Å². The number of nitrogens with zero attached hydrogens (tertiary/aromatic N) is 3. The van der Waals surface area contributed by atoms with Crippen molar-refractivity contribution >= 4 is 11.6 Å². The molecule has 1 aliphatic heterocycles. The predicted molar refractivity (Wildman–Crippen MR) is 59.9 cm³/mol. The van der Waals surface area contributed by atoms with E-state index in [9.17, 15) is 4.79 Å². The molecular formula is C11H12N4O2. The molecule has 0 saturated carbocycles. The Balaban J connectivity index is 2.16. The third-order valence-electron chi connectivity index (χ3n) is 2.54. The largest absolute Gasteiger partial charge is 0.397 e. The zero-order chi connectivity index (χ0) is 12.3. The SMILES string of the molecule is N#CC1CN(C(=O)c2ncccc2N)CCO1. The molecule has 0 radical (unpaired) electrons. The summed E-state index contributed by atoms with van der Waals surface area (Å²) in [6.07, 6.45) is 0.948. The maximum Gasteiger partial charge on any atom is 0.274 e. The number of amides is 1. The number of anilines is 1. The Morgan fingerprint density at radius 3 is 3.24 bits per heavy atom. The Hall–Kier alpha value is -2.13. The van der Waals surface area contributed by atoms with Crippen LogP contribution in [0.5, 0.6) is 0 Å². The average Bonchev–Trinajstić information content (AvgIpc) is 2.38. The quantitative estimate of drug-likeness (QED) is 0.737. The molecule has 1 aliphatic rings. The summed E-state index contributed by atoms with van der Waals surface area (Å²) >= 11 is 0. The molecular weight excluding hydrogens is 220 g/mol. The molecule has 1 unspecified atom stereocenters. The van der Waals surface area contributed by atoms with Crippen molar-refractivity contribution in [1.29, 1.82) is 5.26 Å². The topological polar surface area (TPSA) is 92.2 Å². The molecule has 0 bridgehead atoms. The van der Waals surface area contributed by atoms with E-state index in [2.05, 4.69) is 4.98 Å². The minimum atomic E-state index is -0.572. The minimum Gasteiger partial charge on any atom is -0.397 e. The number of morpholine rings is 1. The Labute approximate surface area is 98.6 Å². The first-order valence-corrected chi connectivity index (χ1v) is 5.23. The summed E-state index contributed by atoms with van der Waals surface area (Å²) in [5.41, 5.74) is 6.26.